The first-order chi connectivity index (χ1) is 29.3. The molecule has 3 aliphatic rings. The number of amides is 1. The Kier molecular flexibility index (Phi) is 13.2. The highest BCUT2D eigenvalue weighted by molar-refractivity contribution is 6.25. The van der Waals surface area contributed by atoms with Crippen molar-refractivity contribution < 1.29 is 58.5 Å². The van der Waals surface area contributed by atoms with Gasteiger partial charge in [-0.1, -0.05) is 45.9 Å². The van der Waals surface area contributed by atoms with Crippen LogP contribution >= 0.6 is 0 Å². The number of hydrogen-bond acceptors (Lipinski definition) is 14. The number of carbonyl (C=O) groups is 3. The lowest BCUT2D eigenvalue weighted by Gasteiger charge is -2.38. The molecule has 62 heavy (non-hydrogen) atoms. The van der Waals surface area contributed by atoms with Crippen molar-refractivity contribution in [3.63, 3.8) is 0 Å². The molecule has 3 aliphatic heterocycles. The molecule has 0 spiro atoms. The van der Waals surface area contributed by atoms with Crippen molar-refractivity contribution in [2.75, 3.05) is 35.7 Å². The number of phenols is 2. The number of Topliss-reactive ketones (excluding diaryl/α,β-unsaturated/α-hetero) is 1. The lowest BCUT2D eigenvalue weighted by atomic mass is 9.78. The van der Waals surface area contributed by atoms with Crippen molar-refractivity contribution in [1.29, 1.82) is 0 Å². The summed E-state index contributed by atoms with van der Waals surface area (Å²) in [6.07, 6.45) is 3.81. The number of nitrogens with zero attached hydrogens (tertiary/aromatic N) is 1. The second-order valence-electron chi connectivity index (χ2n) is 16.6. The maximum Gasteiger partial charge on any atom is 0.312 e. The molecule has 15 heteroatoms. The predicted octanol–water partition coefficient (Wildman–Crippen LogP) is 7.74. The number of nitrogens with one attached hydrogen (secondary N) is 2. The van der Waals surface area contributed by atoms with Gasteiger partial charge in [-0.3, -0.25) is 14.4 Å². The van der Waals surface area contributed by atoms with E-state index in [-0.39, 0.29) is 50.3 Å². The lowest BCUT2D eigenvalue weighted by Crippen LogP contribution is -2.46. The van der Waals surface area contributed by atoms with Crippen molar-refractivity contribution in [1.82, 2.24) is 0 Å². The average molecular weight is 858 g/mol. The molecule has 15 nitrogen and oxygen atoms in total. The Morgan fingerprint density at radius 3 is 2.24 bits per heavy atom. The molecule has 6 N–H and O–H groups in total. The Hall–Kier alpha value is -5.77. The van der Waals surface area contributed by atoms with Gasteiger partial charge in [-0.2, -0.15) is 0 Å². The van der Waals surface area contributed by atoms with E-state index in [9.17, 15) is 34.8 Å². The number of fused-ring (bicyclic) bond motifs is 2. The second-order valence-corrected chi connectivity index (χ2v) is 16.6. The third-order valence-electron chi connectivity index (χ3n) is 12.5. The van der Waals surface area contributed by atoms with Gasteiger partial charge in [0.25, 0.3) is 11.7 Å². The Bertz CT molecular complexity index is 2350. The summed E-state index contributed by atoms with van der Waals surface area (Å²) in [5.41, 5.74) is 1.74. The number of aliphatic hydroxyl groups excluding tert-OH is 2. The number of methoxy groups -OCH3 is 1. The van der Waals surface area contributed by atoms with Crippen LogP contribution in [0.3, 0.4) is 0 Å². The molecular formula is C47H59N3O12. The minimum absolute atomic E-state index is 0.00886. The van der Waals surface area contributed by atoms with Gasteiger partial charge in [0, 0.05) is 86.0 Å². The van der Waals surface area contributed by atoms with Gasteiger partial charge in [-0.05, 0) is 45.9 Å². The number of phenolic OH excluding ortho intramolecular Hbond substituents is 2. The van der Waals surface area contributed by atoms with Crippen molar-refractivity contribution in [2.24, 2.45) is 23.7 Å². The molecule has 0 saturated heterocycles. The number of carbonyl (C=O) groups excluding carboxylic acids is 3. The number of benzene rings is 3. The number of anilines is 4. The highest BCUT2D eigenvalue weighted by atomic mass is 16.7. The Morgan fingerprint density at radius 1 is 0.903 bits per heavy atom. The molecule has 0 saturated carbocycles. The first-order valence-corrected chi connectivity index (χ1v) is 21.0. The van der Waals surface area contributed by atoms with E-state index in [0.29, 0.717) is 11.4 Å². The number of allylic oxidation sites excluding steroid dienone is 2. The van der Waals surface area contributed by atoms with Crippen LogP contribution in [0.4, 0.5) is 22.7 Å². The van der Waals surface area contributed by atoms with Crippen LogP contribution in [0.25, 0.3) is 10.8 Å². The molecule has 4 bridgehead atoms. The van der Waals surface area contributed by atoms with Crippen LogP contribution in [0.15, 0.2) is 54.3 Å². The van der Waals surface area contributed by atoms with Crippen LogP contribution in [-0.4, -0.2) is 88.5 Å². The maximum absolute atomic E-state index is 14.7. The maximum atomic E-state index is 14.7. The van der Waals surface area contributed by atoms with E-state index in [1.807, 2.05) is 32.0 Å². The molecule has 3 heterocycles. The summed E-state index contributed by atoms with van der Waals surface area (Å²) in [4.78, 5) is 43.2. The fraction of sp³-hybridized carbons (Fsp3) is 0.468. The fourth-order valence-electron chi connectivity index (χ4n) is 8.67. The molecule has 334 valence electrons. The summed E-state index contributed by atoms with van der Waals surface area (Å²) in [6, 6.07) is 5.58. The summed E-state index contributed by atoms with van der Waals surface area (Å²) < 4.78 is 30.5. The van der Waals surface area contributed by atoms with E-state index in [2.05, 4.69) is 15.5 Å². The number of aromatic hydroxyl groups is 2. The molecule has 3 aromatic carbocycles. The van der Waals surface area contributed by atoms with Crippen LogP contribution in [0.5, 0.6) is 28.7 Å². The second kappa shape index (κ2) is 17.9. The quantitative estimate of drug-likeness (QED) is 0.0646. The van der Waals surface area contributed by atoms with Crippen LogP contribution in [-0.2, 0) is 23.8 Å². The van der Waals surface area contributed by atoms with Crippen LogP contribution in [0.2, 0.25) is 0 Å². The van der Waals surface area contributed by atoms with Crippen molar-refractivity contribution >= 4 is 51.2 Å². The molecule has 0 radical (unpaired) electrons. The van der Waals surface area contributed by atoms with Gasteiger partial charge in [0.15, 0.2) is 17.2 Å². The third kappa shape index (κ3) is 8.16. The number of ketones is 1. The van der Waals surface area contributed by atoms with Crippen molar-refractivity contribution in [3.8, 4) is 28.7 Å². The zero-order chi connectivity index (χ0) is 45.5. The molecule has 0 aliphatic carbocycles. The van der Waals surface area contributed by atoms with Gasteiger partial charge < -0.3 is 59.6 Å². The van der Waals surface area contributed by atoms with Gasteiger partial charge >= 0.3 is 11.8 Å². The fourth-order valence-corrected chi connectivity index (χ4v) is 8.67. The van der Waals surface area contributed by atoms with Gasteiger partial charge in [0.2, 0.25) is 0 Å². The van der Waals surface area contributed by atoms with Gasteiger partial charge in [-0.25, -0.2) is 0 Å². The molecule has 9 atom stereocenters. The number of hydrogen-bond donors (Lipinski definition) is 6. The smallest absolute Gasteiger partial charge is 0.312 e. The molecule has 0 unspecified atom stereocenters. The molecule has 0 aromatic heterocycles. The highest BCUT2D eigenvalue weighted by Gasteiger charge is 2.50. The summed E-state index contributed by atoms with van der Waals surface area (Å²) in [7, 11) is 1.46. The minimum atomic E-state index is -1.99. The topological polar surface area (TPSA) is 206 Å². The van der Waals surface area contributed by atoms with E-state index in [4.69, 9.17) is 23.7 Å². The monoisotopic (exact) mass is 857 g/mol. The van der Waals surface area contributed by atoms with Crippen molar-refractivity contribution in [3.05, 3.63) is 65.5 Å². The zero-order valence-corrected chi connectivity index (χ0v) is 37.2. The van der Waals surface area contributed by atoms with Gasteiger partial charge in [0.1, 0.15) is 23.3 Å². The summed E-state index contributed by atoms with van der Waals surface area (Å²) in [5.74, 6) is -6.85. The average Bonchev–Trinajstić information content (AvgIpc) is 3.51. The molecule has 0 fully saturated rings. The van der Waals surface area contributed by atoms with Gasteiger partial charge in [-0.15, -0.1) is 0 Å². The van der Waals surface area contributed by atoms with E-state index in [0.717, 1.165) is 18.8 Å². The number of ether oxygens (including phenoxy) is 5. The van der Waals surface area contributed by atoms with Gasteiger partial charge in [0.05, 0.1) is 46.9 Å². The van der Waals surface area contributed by atoms with E-state index in [1.165, 1.54) is 46.3 Å². The summed E-state index contributed by atoms with van der Waals surface area (Å²) in [6.45, 7) is 18.3. The molecule has 6 rings (SSSR count). The third-order valence-corrected chi connectivity index (χ3v) is 12.5. The van der Waals surface area contributed by atoms with Crippen LogP contribution in [0, 0.1) is 30.6 Å². The Balaban J connectivity index is 1.55. The number of rotatable bonds is 5. The highest BCUT2D eigenvalue weighted by Crippen LogP contribution is 2.60. The van der Waals surface area contributed by atoms with Crippen LogP contribution < -0.4 is 25.0 Å². The molecular weight excluding hydrogens is 799 g/mol. The SMILES string of the molecule is CCN(CC)c1ccc2c(c1)Oc1c3c(O)c4c(O)c(C)c5c(c4c1N2)C(=O)[C@@](C)(O/C=C/[C@H](OC)[C@@H](C)[C@@H](OC(C)=O)[C@H](C)[C@H](O)[C@H](C)[C@@H](O)[C@@H](C)/C=C/C=C(/C)C(=O)N3)O5. The number of aliphatic hydroxyl groups is 2. The molecule has 3 aromatic rings. The minimum Gasteiger partial charge on any atom is -0.507 e. The normalized spacial score (nSPS) is 29.5. The van der Waals surface area contributed by atoms with Crippen LogP contribution in [0.1, 0.15) is 78.2 Å². The first-order valence-electron chi connectivity index (χ1n) is 21.0. The van der Waals surface area contributed by atoms with E-state index >= 15 is 0 Å². The lowest BCUT2D eigenvalue weighted by molar-refractivity contribution is -0.160. The standard InChI is InChI=1S/C47H59N3O12/c1-12-50(13-2)29-17-18-30-32(21-29)61-44-36(48-30)33-34-40(54)27(8)43-35(33)45(56)47(10,62-43)59-20-19-31(58-11)24(5)42(60-28(9)51)26(7)39(53)25(6)38(52)22(3)15-14-16-23(4)46(57)49-37(44)41(34)55/h14-22,24-26,31,38-39,42,48,52-55H,12-13H2,1-11H3,(H,49,57)/b15-14+,20-19+,23-16-/t22-,24+,25+,26+,31-,38-,39+,42+,47-/m0/s1. The summed E-state index contributed by atoms with van der Waals surface area (Å²) in [5, 5.41) is 53.0. The van der Waals surface area contributed by atoms with E-state index in [1.54, 1.807) is 46.8 Å². The zero-order valence-electron chi connectivity index (χ0n) is 37.2. The van der Waals surface area contributed by atoms with E-state index < -0.39 is 83.0 Å². The Labute approximate surface area is 361 Å². The predicted molar refractivity (Wildman–Crippen MR) is 236 cm³/mol. The summed E-state index contributed by atoms with van der Waals surface area (Å²) >= 11 is 0. The van der Waals surface area contributed by atoms with Crippen molar-refractivity contribution in [2.45, 2.75) is 99.4 Å². The number of esters is 1. The first kappa shape index (κ1) is 45.7. The largest absolute Gasteiger partial charge is 0.507 e. The molecule has 1 amide bonds. The Morgan fingerprint density at radius 2 is 1.60 bits per heavy atom.